The highest BCUT2D eigenvalue weighted by molar-refractivity contribution is 5.75. The van der Waals surface area contributed by atoms with Gasteiger partial charge in [0.1, 0.15) is 6.54 Å². The molecule has 5 heteroatoms. The number of nitrogens with zero attached hydrogens (tertiary/aromatic N) is 1. The molecule has 0 aliphatic heterocycles. The van der Waals surface area contributed by atoms with Crippen molar-refractivity contribution in [2.75, 3.05) is 33.3 Å². The average Bonchev–Trinajstić information content (AvgIpc) is 2.56. The molecule has 1 atom stereocenters. The van der Waals surface area contributed by atoms with Gasteiger partial charge in [0.05, 0.1) is 20.2 Å². The van der Waals surface area contributed by atoms with Crippen molar-refractivity contribution in [1.29, 1.82) is 0 Å². The van der Waals surface area contributed by atoms with E-state index in [0.29, 0.717) is 25.9 Å². The number of aliphatic hydroxyl groups excluding tert-OH is 1. The molecule has 0 aromatic heterocycles. The second-order valence-corrected chi connectivity index (χ2v) is 7.46. The van der Waals surface area contributed by atoms with E-state index in [1.54, 1.807) is 7.05 Å². The Balaban J connectivity index is 3.31. The predicted octanol–water partition coefficient (Wildman–Crippen LogP) is 4.13. The van der Waals surface area contributed by atoms with Crippen LogP contribution >= 0.6 is 0 Å². The maximum atomic E-state index is 11.8. The minimum absolute atomic E-state index is 0.0920. The Morgan fingerprint density at radius 2 is 1.40 bits per heavy atom. The van der Waals surface area contributed by atoms with Gasteiger partial charge in [-0.15, -0.1) is 0 Å². The normalized spacial score (nSPS) is 13.6. The monoisotopic (exact) mass is 358 g/mol. The van der Waals surface area contributed by atoms with Crippen molar-refractivity contribution in [1.82, 2.24) is 5.32 Å². The third kappa shape index (κ3) is 18.0. The fraction of sp³-hybridized carbons (Fsp3) is 0.950. The maximum Gasteiger partial charge on any atom is 0.219 e. The third-order valence-corrected chi connectivity index (χ3v) is 4.71. The van der Waals surface area contributed by atoms with Gasteiger partial charge >= 0.3 is 0 Å². The van der Waals surface area contributed by atoms with Gasteiger partial charge in [0.25, 0.3) is 0 Å². The van der Waals surface area contributed by atoms with E-state index in [4.69, 9.17) is 5.11 Å². The predicted molar refractivity (Wildman–Crippen MR) is 105 cm³/mol. The molecule has 150 valence electrons. The number of nitrogens with one attached hydrogen (secondary N) is 1. The van der Waals surface area contributed by atoms with Gasteiger partial charge in [0, 0.05) is 19.4 Å². The van der Waals surface area contributed by atoms with Crippen LogP contribution in [0.4, 0.5) is 0 Å². The molecular weight excluding hydrogens is 316 g/mol. The molecule has 0 saturated heterocycles. The number of unbranched alkanes of at least 4 members (excludes halogenated alkanes) is 10. The number of hydroxylamine groups is 3. The highest BCUT2D eigenvalue weighted by Gasteiger charge is 2.08. The van der Waals surface area contributed by atoms with Crippen molar-refractivity contribution >= 4 is 5.91 Å². The quantitative estimate of drug-likeness (QED) is 0.220. The molecule has 0 fully saturated rings. The first kappa shape index (κ1) is 24.4. The van der Waals surface area contributed by atoms with Crippen LogP contribution in [0.3, 0.4) is 0 Å². The number of hydrogen-bond acceptors (Lipinski definition) is 3. The second kappa shape index (κ2) is 16.8. The smallest absolute Gasteiger partial charge is 0.219 e. The molecule has 0 aromatic rings. The molecule has 0 saturated carbocycles. The molecule has 5 nitrogen and oxygen atoms in total. The highest BCUT2D eigenvalue weighted by Crippen LogP contribution is 2.11. The fourth-order valence-electron chi connectivity index (χ4n) is 3.00. The molecule has 0 radical (unpaired) electrons. The topological polar surface area (TPSA) is 72.4 Å². The summed E-state index contributed by atoms with van der Waals surface area (Å²) in [6, 6.07) is 0. The number of aliphatic hydroxyl groups is 1. The van der Waals surface area contributed by atoms with Gasteiger partial charge in [-0.25, -0.2) is 0 Å². The highest BCUT2D eigenvalue weighted by atomic mass is 16.5. The first-order valence-electron chi connectivity index (χ1n) is 10.4. The summed E-state index contributed by atoms with van der Waals surface area (Å²) in [5.41, 5.74) is 0. The van der Waals surface area contributed by atoms with Crippen LogP contribution < -0.4 is 5.32 Å². The van der Waals surface area contributed by atoms with Crippen LogP contribution in [0, 0.1) is 5.21 Å². The lowest BCUT2D eigenvalue weighted by Crippen LogP contribution is -2.42. The SMILES string of the molecule is CCCCCCCCCCCCCC(=O)NCCC[N+](C)([O-])CCO. The van der Waals surface area contributed by atoms with Crippen molar-refractivity contribution in [2.24, 2.45) is 0 Å². The first-order valence-corrected chi connectivity index (χ1v) is 10.4. The third-order valence-electron chi connectivity index (χ3n) is 4.71. The van der Waals surface area contributed by atoms with Crippen molar-refractivity contribution in [2.45, 2.75) is 90.4 Å². The van der Waals surface area contributed by atoms with E-state index in [-0.39, 0.29) is 19.1 Å². The maximum absolute atomic E-state index is 11.8. The van der Waals surface area contributed by atoms with Crippen LogP contribution in [0.15, 0.2) is 0 Å². The molecule has 0 aliphatic carbocycles. The summed E-state index contributed by atoms with van der Waals surface area (Å²) in [5, 5.41) is 23.5. The molecule has 1 unspecified atom stereocenters. The number of amides is 1. The van der Waals surface area contributed by atoms with Crippen LogP contribution in [0.2, 0.25) is 0 Å². The Labute approximate surface area is 155 Å². The van der Waals surface area contributed by atoms with Crippen molar-refractivity contribution in [3.63, 3.8) is 0 Å². The minimum atomic E-state index is -0.440. The summed E-state index contributed by atoms with van der Waals surface area (Å²) < 4.78 is -0.440. The molecule has 0 spiro atoms. The Kier molecular flexibility index (Phi) is 16.4. The summed E-state index contributed by atoms with van der Waals surface area (Å²) in [6.45, 7) is 3.36. The summed E-state index contributed by atoms with van der Waals surface area (Å²) in [4.78, 5) is 11.7. The zero-order valence-corrected chi connectivity index (χ0v) is 16.7. The number of quaternary nitrogens is 1. The van der Waals surface area contributed by atoms with Gasteiger partial charge in [0.15, 0.2) is 0 Å². The van der Waals surface area contributed by atoms with Crippen LogP contribution in [0.5, 0.6) is 0 Å². The molecule has 0 bridgehead atoms. The fourth-order valence-corrected chi connectivity index (χ4v) is 3.00. The summed E-state index contributed by atoms with van der Waals surface area (Å²) in [7, 11) is 1.56. The zero-order valence-electron chi connectivity index (χ0n) is 16.7. The minimum Gasteiger partial charge on any atom is -0.633 e. The number of hydrogen-bond donors (Lipinski definition) is 2. The molecule has 0 rings (SSSR count). The van der Waals surface area contributed by atoms with E-state index in [0.717, 1.165) is 12.8 Å². The van der Waals surface area contributed by atoms with Crippen LogP contribution in [0.25, 0.3) is 0 Å². The van der Waals surface area contributed by atoms with Gasteiger partial charge in [0.2, 0.25) is 5.91 Å². The lowest BCUT2D eigenvalue weighted by atomic mass is 10.1. The Morgan fingerprint density at radius 3 is 1.92 bits per heavy atom. The summed E-state index contributed by atoms with van der Waals surface area (Å²) in [6.07, 6.45) is 15.4. The average molecular weight is 359 g/mol. The number of carbonyl (C=O) groups is 1. The van der Waals surface area contributed by atoms with Crippen molar-refractivity contribution in [3.05, 3.63) is 5.21 Å². The van der Waals surface area contributed by atoms with Crippen LogP contribution in [-0.2, 0) is 4.79 Å². The molecule has 0 aromatic carbocycles. The molecule has 25 heavy (non-hydrogen) atoms. The second-order valence-electron chi connectivity index (χ2n) is 7.46. The van der Waals surface area contributed by atoms with E-state index in [1.807, 2.05) is 0 Å². The lowest BCUT2D eigenvalue weighted by molar-refractivity contribution is -0.861. The molecule has 0 heterocycles. The van der Waals surface area contributed by atoms with E-state index < -0.39 is 4.65 Å². The standard InChI is InChI=1S/C20H42N2O3/c1-3-4-5-6-7-8-9-10-11-12-13-15-20(24)21-16-14-17-22(2,25)18-19-23/h23H,3-19H2,1-2H3,(H,21,24). The Bertz CT molecular complexity index is 309. The van der Waals surface area contributed by atoms with Crippen molar-refractivity contribution < 1.29 is 14.5 Å². The van der Waals surface area contributed by atoms with E-state index >= 15 is 0 Å². The Morgan fingerprint density at radius 1 is 0.880 bits per heavy atom. The number of rotatable bonds is 18. The lowest BCUT2D eigenvalue weighted by Gasteiger charge is -2.38. The number of carbonyl (C=O) groups excluding carboxylic acids is 1. The van der Waals surface area contributed by atoms with E-state index in [2.05, 4.69) is 12.2 Å². The van der Waals surface area contributed by atoms with Gasteiger partial charge in [-0.2, -0.15) is 0 Å². The van der Waals surface area contributed by atoms with E-state index in [9.17, 15) is 10.0 Å². The van der Waals surface area contributed by atoms with Gasteiger partial charge < -0.3 is 20.3 Å². The largest absolute Gasteiger partial charge is 0.633 e. The molecule has 2 N–H and O–H groups in total. The van der Waals surface area contributed by atoms with Crippen molar-refractivity contribution in [3.8, 4) is 0 Å². The Hall–Kier alpha value is -0.650. The van der Waals surface area contributed by atoms with Gasteiger partial charge in [-0.05, 0) is 6.42 Å². The van der Waals surface area contributed by atoms with E-state index in [1.165, 1.54) is 57.8 Å². The first-order chi connectivity index (χ1) is 12.0. The van der Waals surface area contributed by atoms with Gasteiger partial charge in [-0.1, -0.05) is 71.1 Å². The zero-order chi connectivity index (χ0) is 18.8. The summed E-state index contributed by atoms with van der Waals surface area (Å²) >= 11 is 0. The number of likely N-dealkylation sites (N-methyl/N-ethyl adjacent to an activating group) is 1. The summed E-state index contributed by atoms with van der Waals surface area (Å²) in [5.74, 6) is 0.0955. The van der Waals surface area contributed by atoms with Crippen LogP contribution in [-0.4, -0.2) is 48.9 Å². The van der Waals surface area contributed by atoms with Crippen LogP contribution in [0.1, 0.15) is 90.4 Å². The molecular formula is C20H42N2O3. The van der Waals surface area contributed by atoms with Gasteiger partial charge in [-0.3, -0.25) is 4.79 Å². The molecule has 0 aliphatic rings. The molecule has 1 amide bonds.